The van der Waals surface area contributed by atoms with Gasteiger partial charge < -0.3 is 5.11 Å². The lowest BCUT2D eigenvalue weighted by Crippen LogP contribution is -2.08. The van der Waals surface area contributed by atoms with Gasteiger partial charge in [0.15, 0.2) is 0 Å². The number of rotatable bonds is 2. The van der Waals surface area contributed by atoms with Crippen molar-refractivity contribution in [2.75, 3.05) is 0 Å². The second-order valence-electron chi connectivity index (χ2n) is 2.36. The van der Waals surface area contributed by atoms with Crippen molar-refractivity contribution in [3.63, 3.8) is 0 Å². The first-order valence-electron chi connectivity index (χ1n) is 3.36. The van der Waals surface area contributed by atoms with Crippen LogP contribution in [0.1, 0.15) is 11.3 Å². The number of carboxylic acid groups (broad SMARTS) is 1. The van der Waals surface area contributed by atoms with Crippen LogP contribution in [0.5, 0.6) is 0 Å². The zero-order valence-corrected chi connectivity index (χ0v) is 6.61. The molecule has 0 aliphatic carbocycles. The van der Waals surface area contributed by atoms with Crippen molar-refractivity contribution in [1.29, 1.82) is 0 Å². The monoisotopic (exact) mass is 164 g/mol. The first-order chi connectivity index (χ1) is 5.63. The topological polar surface area (TPSA) is 55.1 Å². The molecule has 0 atom stereocenters. The highest BCUT2D eigenvalue weighted by atomic mass is 16.4. The van der Waals surface area contributed by atoms with Gasteiger partial charge >= 0.3 is 5.97 Å². The fraction of sp³-hybridized carbons (Fsp3) is 0.250. The molecule has 62 valence electrons. The maximum absolute atomic E-state index is 10.3. The normalized spacial score (nSPS) is 9.33. The zero-order valence-electron chi connectivity index (χ0n) is 6.61. The Labute approximate surface area is 69.8 Å². The maximum atomic E-state index is 10.3. The SMILES string of the molecule is C#Cc1cn(CC(=O)O)nc1C. The molecule has 1 aromatic heterocycles. The number of aromatic nitrogens is 2. The Kier molecular flexibility index (Phi) is 2.15. The van der Waals surface area contributed by atoms with Crippen LogP contribution in [0.15, 0.2) is 6.20 Å². The molecule has 0 saturated heterocycles. The number of aliphatic carboxylic acids is 1. The highest BCUT2D eigenvalue weighted by Crippen LogP contribution is 2.02. The van der Waals surface area contributed by atoms with E-state index in [-0.39, 0.29) is 6.54 Å². The van der Waals surface area contributed by atoms with E-state index in [1.54, 1.807) is 13.1 Å². The number of hydrogen-bond acceptors (Lipinski definition) is 2. The van der Waals surface area contributed by atoms with Gasteiger partial charge in [-0.3, -0.25) is 9.48 Å². The van der Waals surface area contributed by atoms with Gasteiger partial charge in [0, 0.05) is 6.20 Å². The number of carboxylic acids is 1. The molecule has 0 bridgehead atoms. The summed E-state index contributed by atoms with van der Waals surface area (Å²) in [7, 11) is 0. The molecule has 1 heterocycles. The van der Waals surface area contributed by atoms with Gasteiger partial charge in [0.05, 0.1) is 11.3 Å². The van der Waals surface area contributed by atoms with E-state index >= 15 is 0 Å². The molecule has 0 radical (unpaired) electrons. The summed E-state index contributed by atoms with van der Waals surface area (Å²) in [6.07, 6.45) is 6.69. The van der Waals surface area contributed by atoms with Gasteiger partial charge in [-0.1, -0.05) is 5.92 Å². The Morgan fingerprint density at radius 3 is 3.00 bits per heavy atom. The standard InChI is InChI=1S/C8H8N2O2/c1-3-7-4-10(5-8(11)12)9-6(7)2/h1,4H,5H2,2H3,(H,11,12). The molecule has 1 rings (SSSR count). The summed E-state index contributed by atoms with van der Waals surface area (Å²) in [5.74, 6) is 1.48. The lowest BCUT2D eigenvalue weighted by atomic mass is 10.3. The van der Waals surface area contributed by atoms with E-state index in [0.717, 1.165) is 0 Å². The van der Waals surface area contributed by atoms with Crippen molar-refractivity contribution in [1.82, 2.24) is 9.78 Å². The zero-order chi connectivity index (χ0) is 9.14. The van der Waals surface area contributed by atoms with Crippen molar-refractivity contribution in [3.05, 3.63) is 17.5 Å². The molecule has 0 aromatic carbocycles. The lowest BCUT2D eigenvalue weighted by molar-refractivity contribution is -0.137. The summed E-state index contributed by atoms with van der Waals surface area (Å²) in [6, 6.07) is 0. The number of aryl methyl sites for hydroxylation is 1. The smallest absolute Gasteiger partial charge is 0.325 e. The Bertz CT molecular complexity index is 346. The number of terminal acetylenes is 1. The third kappa shape index (κ3) is 1.64. The Morgan fingerprint density at radius 2 is 2.58 bits per heavy atom. The molecule has 0 saturated carbocycles. The first kappa shape index (κ1) is 8.34. The molecule has 4 nitrogen and oxygen atoms in total. The molecular weight excluding hydrogens is 156 g/mol. The van der Waals surface area contributed by atoms with Gasteiger partial charge in [0.2, 0.25) is 0 Å². The molecule has 0 aliphatic heterocycles. The minimum absolute atomic E-state index is 0.150. The van der Waals surface area contributed by atoms with E-state index in [0.29, 0.717) is 11.3 Å². The van der Waals surface area contributed by atoms with E-state index < -0.39 is 5.97 Å². The molecule has 1 N–H and O–H groups in total. The Hall–Kier alpha value is -1.76. The largest absolute Gasteiger partial charge is 0.480 e. The third-order valence-corrected chi connectivity index (χ3v) is 1.40. The number of carbonyl (C=O) groups is 1. The quantitative estimate of drug-likeness (QED) is 0.638. The van der Waals surface area contributed by atoms with Gasteiger partial charge in [0.25, 0.3) is 0 Å². The average molecular weight is 164 g/mol. The van der Waals surface area contributed by atoms with Crippen molar-refractivity contribution in [3.8, 4) is 12.3 Å². The molecular formula is C8H8N2O2. The van der Waals surface area contributed by atoms with Crippen LogP contribution in [0.3, 0.4) is 0 Å². The molecule has 0 unspecified atom stereocenters. The summed E-state index contributed by atoms with van der Waals surface area (Å²) in [5, 5.41) is 12.3. The van der Waals surface area contributed by atoms with Crippen molar-refractivity contribution >= 4 is 5.97 Å². The Balaban J connectivity index is 2.91. The fourth-order valence-corrected chi connectivity index (χ4v) is 0.879. The molecule has 0 amide bonds. The van der Waals surface area contributed by atoms with Crippen LogP contribution in [0, 0.1) is 19.3 Å². The summed E-state index contributed by atoms with van der Waals surface area (Å²) < 4.78 is 1.31. The van der Waals surface area contributed by atoms with Crippen molar-refractivity contribution in [2.45, 2.75) is 13.5 Å². The van der Waals surface area contributed by atoms with E-state index in [2.05, 4.69) is 11.0 Å². The van der Waals surface area contributed by atoms with Crippen LogP contribution in [-0.4, -0.2) is 20.9 Å². The summed E-state index contributed by atoms with van der Waals surface area (Å²) >= 11 is 0. The van der Waals surface area contributed by atoms with Crippen LogP contribution in [0.4, 0.5) is 0 Å². The van der Waals surface area contributed by atoms with Gasteiger partial charge in [-0.2, -0.15) is 5.10 Å². The first-order valence-corrected chi connectivity index (χ1v) is 3.36. The molecule has 12 heavy (non-hydrogen) atoms. The summed E-state index contributed by atoms with van der Waals surface area (Å²) in [6.45, 7) is 1.59. The van der Waals surface area contributed by atoms with Gasteiger partial charge in [-0.15, -0.1) is 6.42 Å². The van der Waals surface area contributed by atoms with Gasteiger partial charge in [-0.25, -0.2) is 0 Å². The lowest BCUT2D eigenvalue weighted by Gasteiger charge is -1.92. The van der Waals surface area contributed by atoms with E-state index in [4.69, 9.17) is 11.5 Å². The van der Waals surface area contributed by atoms with E-state index in [9.17, 15) is 4.79 Å². The van der Waals surface area contributed by atoms with Crippen LogP contribution in [-0.2, 0) is 11.3 Å². The molecule has 4 heteroatoms. The predicted octanol–water partition coefficient (Wildman–Crippen LogP) is 0.257. The number of nitrogens with zero attached hydrogens (tertiary/aromatic N) is 2. The van der Waals surface area contributed by atoms with Crippen LogP contribution in [0.25, 0.3) is 0 Å². The predicted molar refractivity (Wildman–Crippen MR) is 42.5 cm³/mol. The highest BCUT2D eigenvalue weighted by Gasteiger charge is 2.04. The number of hydrogen-bond donors (Lipinski definition) is 1. The van der Waals surface area contributed by atoms with Gasteiger partial charge in [-0.05, 0) is 6.92 Å². The van der Waals surface area contributed by atoms with Crippen molar-refractivity contribution < 1.29 is 9.90 Å². The summed E-state index contributed by atoms with van der Waals surface area (Å²) in [5.41, 5.74) is 1.31. The Morgan fingerprint density at radius 1 is 1.92 bits per heavy atom. The van der Waals surface area contributed by atoms with Crippen LogP contribution < -0.4 is 0 Å². The minimum atomic E-state index is -0.930. The second kappa shape index (κ2) is 3.09. The summed E-state index contributed by atoms with van der Waals surface area (Å²) in [4.78, 5) is 10.3. The average Bonchev–Trinajstić information content (AvgIpc) is 2.29. The van der Waals surface area contributed by atoms with E-state index in [1.165, 1.54) is 4.68 Å². The maximum Gasteiger partial charge on any atom is 0.325 e. The molecule has 1 aromatic rings. The second-order valence-corrected chi connectivity index (χ2v) is 2.36. The molecule has 0 aliphatic rings. The third-order valence-electron chi connectivity index (χ3n) is 1.40. The van der Waals surface area contributed by atoms with Gasteiger partial charge in [0.1, 0.15) is 6.54 Å². The van der Waals surface area contributed by atoms with Crippen molar-refractivity contribution in [2.24, 2.45) is 0 Å². The van der Waals surface area contributed by atoms with Crippen LogP contribution >= 0.6 is 0 Å². The highest BCUT2D eigenvalue weighted by molar-refractivity contribution is 5.66. The van der Waals surface area contributed by atoms with Crippen LogP contribution in [0.2, 0.25) is 0 Å². The molecule has 0 fully saturated rings. The fourth-order valence-electron chi connectivity index (χ4n) is 0.879. The van der Waals surface area contributed by atoms with E-state index in [1.807, 2.05) is 0 Å². The molecule has 0 spiro atoms. The minimum Gasteiger partial charge on any atom is -0.480 e.